The van der Waals surface area contributed by atoms with Crippen LogP contribution in [0.15, 0.2) is 47.4 Å². The van der Waals surface area contributed by atoms with Gasteiger partial charge in [0, 0.05) is 18.8 Å². The lowest BCUT2D eigenvalue weighted by atomic mass is 10.1. The van der Waals surface area contributed by atoms with Crippen molar-refractivity contribution in [3.8, 4) is 5.75 Å². The molecule has 0 spiro atoms. The molecule has 0 aromatic heterocycles. The van der Waals surface area contributed by atoms with Gasteiger partial charge in [-0.05, 0) is 81.6 Å². The maximum absolute atomic E-state index is 12.6. The van der Waals surface area contributed by atoms with E-state index in [1.807, 2.05) is 33.8 Å². The van der Waals surface area contributed by atoms with Gasteiger partial charge in [-0.15, -0.1) is 0 Å². The molecule has 8 heteroatoms. The molecule has 0 bridgehead atoms. The van der Waals surface area contributed by atoms with Gasteiger partial charge in [0.05, 0.1) is 11.0 Å². The highest BCUT2D eigenvalue weighted by atomic mass is 32.2. The van der Waals surface area contributed by atoms with Crippen molar-refractivity contribution in [2.45, 2.75) is 45.1 Å². The zero-order valence-electron chi connectivity index (χ0n) is 17.9. The van der Waals surface area contributed by atoms with Crippen molar-refractivity contribution < 1.29 is 22.7 Å². The molecule has 30 heavy (non-hydrogen) atoms. The average molecular weight is 435 g/mol. The summed E-state index contributed by atoms with van der Waals surface area (Å²) in [6.45, 7) is 8.70. The number of carbonyl (C=O) groups is 1. The number of hydrogen-bond donors (Lipinski definition) is 2. The first-order chi connectivity index (χ1) is 14.2. The highest BCUT2D eigenvalue weighted by Crippen LogP contribution is 2.21. The molecule has 0 saturated heterocycles. The van der Waals surface area contributed by atoms with E-state index in [2.05, 4.69) is 10.0 Å². The number of rotatable bonds is 11. The Kier molecular flexibility index (Phi) is 8.68. The first-order valence-corrected chi connectivity index (χ1v) is 11.4. The minimum atomic E-state index is -3.72. The van der Waals surface area contributed by atoms with Crippen LogP contribution < -0.4 is 14.8 Å². The highest BCUT2D eigenvalue weighted by Gasteiger charge is 2.15. The van der Waals surface area contributed by atoms with Gasteiger partial charge in [-0.2, -0.15) is 0 Å². The number of amides is 1. The smallest absolute Gasteiger partial charge is 0.261 e. The summed E-state index contributed by atoms with van der Waals surface area (Å²) in [6.07, 6.45) is 0.899. The summed E-state index contributed by atoms with van der Waals surface area (Å²) < 4.78 is 38.6. The zero-order valence-corrected chi connectivity index (χ0v) is 18.7. The van der Waals surface area contributed by atoms with Crippen molar-refractivity contribution in [3.05, 3.63) is 53.6 Å². The molecule has 0 unspecified atom stereocenters. The van der Waals surface area contributed by atoms with Crippen LogP contribution in [0.2, 0.25) is 0 Å². The van der Waals surface area contributed by atoms with E-state index in [0.29, 0.717) is 24.6 Å². The summed E-state index contributed by atoms with van der Waals surface area (Å²) >= 11 is 0. The van der Waals surface area contributed by atoms with Gasteiger partial charge >= 0.3 is 0 Å². The SMILES string of the molecule is Cc1cc(C)cc(NS(=O)(=O)c2ccc(OCC(=O)NCCCOC(C)C)cc2)c1. The van der Waals surface area contributed by atoms with E-state index >= 15 is 0 Å². The number of ether oxygens (including phenoxy) is 2. The van der Waals surface area contributed by atoms with Gasteiger partial charge in [0.15, 0.2) is 6.61 Å². The Hall–Kier alpha value is -2.58. The van der Waals surface area contributed by atoms with Crippen LogP contribution in [0.3, 0.4) is 0 Å². The maximum Gasteiger partial charge on any atom is 0.261 e. The molecule has 0 atom stereocenters. The van der Waals surface area contributed by atoms with Gasteiger partial charge in [0.25, 0.3) is 15.9 Å². The monoisotopic (exact) mass is 434 g/mol. The lowest BCUT2D eigenvalue weighted by Crippen LogP contribution is -2.30. The molecule has 7 nitrogen and oxygen atoms in total. The van der Waals surface area contributed by atoms with E-state index in [-0.39, 0.29) is 23.5 Å². The number of aryl methyl sites for hydroxylation is 2. The Morgan fingerprint density at radius 1 is 1.03 bits per heavy atom. The number of anilines is 1. The summed E-state index contributed by atoms with van der Waals surface area (Å²) in [6, 6.07) is 11.5. The molecule has 1 amide bonds. The van der Waals surface area contributed by atoms with E-state index in [1.165, 1.54) is 24.3 Å². The number of carbonyl (C=O) groups excluding carboxylic acids is 1. The number of hydrogen-bond acceptors (Lipinski definition) is 5. The molecule has 0 aliphatic rings. The zero-order chi connectivity index (χ0) is 22.1. The molecule has 0 fully saturated rings. The number of benzene rings is 2. The Morgan fingerprint density at radius 2 is 1.67 bits per heavy atom. The van der Waals surface area contributed by atoms with Gasteiger partial charge in [0.2, 0.25) is 0 Å². The largest absolute Gasteiger partial charge is 0.484 e. The minimum Gasteiger partial charge on any atom is -0.484 e. The highest BCUT2D eigenvalue weighted by molar-refractivity contribution is 7.92. The van der Waals surface area contributed by atoms with Crippen molar-refractivity contribution in [2.75, 3.05) is 24.5 Å². The van der Waals surface area contributed by atoms with Crippen molar-refractivity contribution in [1.29, 1.82) is 0 Å². The van der Waals surface area contributed by atoms with Crippen LogP contribution >= 0.6 is 0 Å². The second-order valence-electron chi connectivity index (χ2n) is 7.37. The number of nitrogens with one attached hydrogen (secondary N) is 2. The van der Waals surface area contributed by atoms with Crippen molar-refractivity contribution in [3.63, 3.8) is 0 Å². The predicted octanol–water partition coefficient (Wildman–Crippen LogP) is 3.41. The van der Waals surface area contributed by atoms with Crippen molar-refractivity contribution in [2.24, 2.45) is 0 Å². The third kappa shape index (κ3) is 8.04. The third-order valence-electron chi connectivity index (χ3n) is 4.07. The quantitative estimate of drug-likeness (QED) is 0.529. The van der Waals surface area contributed by atoms with E-state index in [9.17, 15) is 13.2 Å². The fraction of sp³-hybridized carbons (Fsp3) is 0.409. The summed E-state index contributed by atoms with van der Waals surface area (Å²) in [5, 5.41) is 2.75. The molecule has 0 aliphatic heterocycles. The first-order valence-electron chi connectivity index (χ1n) is 9.88. The molecule has 164 valence electrons. The summed E-state index contributed by atoms with van der Waals surface area (Å²) in [5.41, 5.74) is 2.47. The summed E-state index contributed by atoms with van der Waals surface area (Å²) in [4.78, 5) is 11.9. The van der Waals surface area contributed by atoms with E-state index in [1.54, 1.807) is 12.1 Å². The fourth-order valence-corrected chi connectivity index (χ4v) is 3.82. The molecule has 0 heterocycles. The lowest BCUT2D eigenvalue weighted by Gasteiger charge is -2.11. The molecule has 2 rings (SSSR count). The fourth-order valence-electron chi connectivity index (χ4n) is 2.78. The van der Waals surface area contributed by atoms with Crippen LogP contribution in [0, 0.1) is 13.8 Å². The normalized spacial score (nSPS) is 11.4. The predicted molar refractivity (Wildman–Crippen MR) is 117 cm³/mol. The van der Waals surface area contributed by atoms with Crippen LogP contribution in [0.4, 0.5) is 5.69 Å². The molecule has 2 N–H and O–H groups in total. The van der Waals surface area contributed by atoms with E-state index in [0.717, 1.165) is 17.5 Å². The van der Waals surface area contributed by atoms with Crippen LogP contribution in [0.25, 0.3) is 0 Å². The molecule has 0 radical (unpaired) electrons. The van der Waals surface area contributed by atoms with Gasteiger partial charge < -0.3 is 14.8 Å². The second-order valence-corrected chi connectivity index (χ2v) is 9.05. The lowest BCUT2D eigenvalue weighted by molar-refractivity contribution is -0.123. The molecular formula is C22H30N2O5S. The van der Waals surface area contributed by atoms with Gasteiger partial charge in [-0.3, -0.25) is 9.52 Å². The maximum atomic E-state index is 12.6. The van der Waals surface area contributed by atoms with Gasteiger partial charge in [-0.25, -0.2) is 8.42 Å². The topological polar surface area (TPSA) is 93.7 Å². The molecular weight excluding hydrogens is 404 g/mol. The van der Waals surface area contributed by atoms with Crippen LogP contribution in [-0.4, -0.2) is 40.2 Å². The van der Waals surface area contributed by atoms with Gasteiger partial charge in [0.1, 0.15) is 5.75 Å². The Morgan fingerprint density at radius 3 is 2.27 bits per heavy atom. The Balaban J connectivity index is 1.84. The minimum absolute atomic E-state index is 0.114. The van der Waals surface area contributed by atoms with Crippen molar-refractivity contribution in [1.82, 2.24) is 5.32 Å². The van der Waals surface area contributed by atoms with Gasteiger partial charge in [-0.1, -0.05) is 6.07 Å². The second kappa shape index (κ2) is 11.0. The van der Waals surface area contributed by atoms with Crippen molar-refractivity contribution >= 4 is 21.6 Å². The van der Waals surface area contributed by atoms with E-state index in [4.69, 9.17) is 9.47 Å². The summed E-state index contributed by atoms with van der Waals surface area (Å²) in [5.74, 6) is 0.173. The summed E-state index contributed by atoms with van der Waals surface area (Å²) in [7, 11) is -3.72. The average Bonchev–Trinajstić information content (AvgIpc) is 2.65. The third-order valence-corrected chi connectivity index (χ3v) is 5.47. The van der Waals surface area contributed by atoms with Crippen LogP contribution in [-0.2, 0) is 19.6 Å². The molecule has 2 aromatic carbocycles. The first kappa shape index (κ1) is 23.7. The molecule has 0 saturated carbocycles. The Labute approximate surface area is 178 Å². The Bertz CT molecular complexity index is 920. The van der Waals surface area contributed by atoms with Crippen LogP contribution in [0.5, 0.6) is 5.75 Å². The van der Waals surface area contributed by atoms with E-state index < -0.39 is 10.0 Å². The molecule has 2 aromatic rings. The van der Waals surface area contributed by atoms with Crippen LogP contribution in [0.1, 0.15) is 31.4 Å². The molecule has 0 aliphatic carbocycles. The number of sulfonamides is 1. The standard InChI is InChI=1S/C22H30N2O5S/c1-16(2)28-11-5-10-23-22(25)15-29-20-6-8-21(9-7-20)30(26,27)24-19-13-17(3)12-18(4)14-19/h6-9,12-14,16,24H,5,10-11,15H2,1-4H3,(H,23,25).